The highest BCUT2D eigenvalue weighted by atomic mass is 35.5. The molecule has 0 radical (unpaired) electrons. The Labute approximate surface area is 135 Å². The van der Waals surface area contributed by atoms with Crippen LogP contribution in [0, 0.1) is 0 Å². The average molecular weight is 315 g/mol. The van der Waals surface area contributed by atoms with E-state index in [-0.39, 0.29) is 0 Å². The second-order valence-corrected chi connectivity index (χ2v) is 5.88. The minimum Gasteiger partial charge on any atom is -0.334 e. The maximum absolute atomic E-state index is 6.01. The number of halogens is 1. The largest absolute Gasteiger partial charge is 0.334 e. The lowest BCUT2D eigenvalue weighted by Crippen LogP contribution is -2.20. The van der Waals surface area contributed by atoms with E-state index in [0.29, 0.717) is 0 Å². The van der Waals surface area contributed by atoms with Gasteiger partial charge in [0.15, 0.2) is 0 Å². The Bertz CT molecular complexity index is 781. The molecule has 0 saturated carbocycles. The van der Waals surface area contributed by atoms with Crippen LogP contribution in [0.25, 0.3) is 10.9 Å². The second-order valence-electron chi connectivity index (χ2n) is 5.44. The first-order valence-electron chi connectivity index (χ1n) is 7.39. The standard InChI is InChI=1S/C17H19ClN4/c1-3-22-9-8-19-17(22)12-21(2)11-15-6-4-13-10-14(18)5-7-16(13)20-15/h4-10H,3,11-12H2,1-2H3. The predicted octanol–water partition coefficient (Wildman–Crippen LogP) is 3.74. The number of benzene rings is 1. The Kier molecular flexibility index (Phi) is 4.41. The van der Waals surface area contributed by atoms with E-state index in [2.05, 4.69) is 40.6 Å². The minimum atomic E-state index is 0.741. The van der Waals surface area contributed by atoms with Gasteiger partial charge in [-0.3, -0.25) is 9.88 Å². The van der Waals surface area contributed by atoms with Crippen LogP contribution in [-0.4, -0.2) is 26.5 Å². The van der Waals surface area contributed by atoms with E-state index in [1.807, 2.05) is 30.6 Å². The number of imidazole rings is 1. The van der Waals surface area contributed by atoms with Gasteiger partial charge >= 0.3 is 0 Å². The molecule has 0 bridgehead atoms. The summed E-state index contributed by atoms with van der Waals surface area (Å²) in [5, 5.41) is 1.81. The van der Waals surface area contributed by atoms with Gasteiger partial charge in [0, 0.05) is 35.9 Å². The summed E-state index contributed by atoms with van der Waals surface area (Å²) >= 11 is 6.01. The van der Waals surface area contributed by atoms with Crippen molar-refractivity contribution in [2.75, 3.05) is 7.05 Å². The van der Waals surface area contributed by atoms with Gasteiger partial charge in [-0.1, -0.05) is 17.7 Å². The van der Waals surface area contributed by atoms with Gasteiger partial charge in [-0.05, 0) is 38.2 Å². The van der Waals surface area contributed by atoms with Gasteiger partial charge in [0.1, 0.15) is 5.82 Å². The molecule has 3 rings (SSSR count). The summed E-state index contributed by atoms with van der Waals surface area (Å²) < 4.78 is 2.16. The van der Waals surface area contributed by atoms with Crippen LogP contribution in [0.2, 0.25) is 5.02 Å². The van der Waals surface area contributed by atoms with Crippen LogP contribution in [-0.2, 0) is 19.6 Å². The highest BCUT2D eigenvalue weighted by molar-refractivity contribution is 6.31. The molecule has 0 aliphatic heterocycles. The van der Waals surface area contributed by atoms with Crippen molar-refractivity contribution in [1.82, 2.24) is 19.4 Å². The molecule has 0 aliphatic rings. The summed E-state index contributed by atoms with van der Waals surface area (Å²) in [5.41, 5.74) is 2.03. The van der Waals surface area contributed by atoms with Crippen molar-refractivity contribution in [3.8, 4) is 0 Å². The molecule has 0 atom stereocenters. The fraction of sp³-hybridized carbons (Fsp3) is 0.294. The maximum Gasteiger partial charge on any atom is 0.122 e. The molecule has 0 aliphatic carbocycles. The Morgan fingerprint density at radius 3 is 2.86 bits per heavy atom. The topological polar surface area (TPSA) is 34.0 Å². The molecule has 3 aromatic rings. The minimum absolute atomic E-state index is 0.741. The molecule has 0 spiro atoms. The van der Waals surface area contributed by atoms with E-state index in [1.165, 1.54) is 0 Å². The molecule has 1 aromatic carbocycles. The first-order valence-corrected chi connectivity index (χ1v) is 7.77. The molecule has 2 aromatic heterocycles. The Morgan fingerprint density at radius 1 is 1.18 bits per heavy atom. The number of hydrogen-bond acceptors (Lipinski definition) is 3. The summed E-state index contributed by atoms with van der Waals surface area (Å²) in [7, 11) is 2.09. The van der Waals surface area contributed by atoms with E-state index < -0.39 is 0 Å². The summed E-state index contributed by atoms with van der Waals surface area (Å²) in [4.78, 5) is 11.3. The molecule has 4 nitrogen and oxygen atoms in total. The number of aryl methyl sites for hydroxylation is 1. The van der Waals surface area contributed by atoms with Gasteiger partial charge in [-0.25, -0.2) is 4.98 Å². The number of nitrogens with zero attached hydrogens (tertiary/aromatic N) is 4. The van der Waals surface area contributed by atoms with Crippen molar-refractivity contribution in [2.24, 2.45) is 0 Å². The van der Waals surface area contributed by atoms with Crippen molar-refractivity contribution in [1.29, 1.82) is 0 Å². The van der Waals surface area contributed by atoms with Gasteiger partial charge in [0.25, 0.3) is 0 Å². The van der Waals surface area contributed by atoms with E-state index in [9.17, 15) is 0 Å². The molecule has 0 amide bonds. The maximum atomic E-state index is 6.01. The van der Waals surface area contributed by atoms with Crippen molar-refractivity contribution >= 4 is 22.5 Å². The molecule has 22 heavy (non-hydrogen) atoms. The molecule has 5 heteroatoms. The van der Waals surface area contributed by atoms with Gasteiger partial charge in [-0.2, -0.15) is 0 Å². The molecular weight excluding hydrogens is 296 g/mol. The van der Waals surface area contributed by atoms with Crippen LogP contribution in [0.3, 0.4) is 0 Å². The zero-order chi connectivity index (χ0) is 15.5. The lowest BCUT2D eigenvalue weighted by molar-refractivity contribution is 0.302. The lowest BCUT2D eigenvalue weighted by atomic mass is 10.2. The van der Waals surface area contributed by atoms with Crippen LogP contribution in [0.5, 0.6) is 0 Å². The highest BCUT2D eigenvalue weighted by Gasteiger charge is 2.08. The SMILES string of the molecule is CCn1ccnc1CN(C)Cc1ccc2cc(Cl)ccc2n1. The predicted molar refractivity (Wildman–Crippen MR) is 89.8 cm³/mol. The first-order chi connectivity index (χ1) is 10.7. The van der Waals surface area contributed by atoms with Gasteiger partial charge in [-0.15, -0.1) is 0 Å². The monoisotopic (exact) mass is 314 g/mol. The zero-order valence-corrected chi connectivity index (χ0v) is 13.6. The van der Waals surface area contributed by atoms with Crippen LogP contribution in [0.1, 0.15) is 18.4 Å². The van der Waals surface area contributed by atoms with Gasteiger partial charge in [0.2, 0.25) is 0 Å². The van der Waals surface area contributed by atoms with E-state index >= 15 is 0 Å². The Balaban J connectivity index is 1.73. The zero-order valence-electron chi connectivity index (χ0n) is 12.8. The van der Waals surface area contributed by atoms with E-state index in [1.54, 1.807) is 0 Å². The third-order valence-corrected chi connectivity index (χ3v) is 3.93. The molecule has 0 fully saturated rings. The van der Waals surface area contributed by atoms with Crippen LogP contribution < -0.4 is 0 Å². The van der Waals surface area contributed by atoms with Gasteiger partial charge in [0.05, 0.1) is 17.8 Å². The number of fused-ring (bicyclic) bond motifs is 1. The molecule has 0 unspecified atom stereocenters. The van der Waals surface area contributed by atoms with E-state index in [0.717, 1.165) is 47.1 Å². The number of aromatic nitrogens is 3. The van der Waals surface area contributed by atoms with Crippen molar-refractivity contribution in [3.05, 3.63) is 59.3 Å². The Hall–Kier alpha value is -1.91. The number of pyridine rings is 1. The lowest BCUT2D eigenvalue weighted by Gasteiger charge is -2.16. The fourth-order valence-corrected chi connectivity index (χ4v) is 2.76. The molecule has 0 saturated heterocycles. The normalized spacial score (nSPS) is 11.5. The van der Waals surface area contributed by atoms with Gasteiger partial charge < -0.3 is 4.57 Å². The van der Waals surface area contributed by atoms with Crippen molar-refractivity contribution < 1.29 is 0 Å². The second kappa shape index (κ2) is 6.46. The molecule has 0 N–H and O–H groups in total. The third-order valence-electron chi connectivity index (χ3n) is 3.69. The first kappa shape index (κ1) is 15.0. The van der Waals surface area contributed by atoms with E-state index in [4.69, 9.17) is 16.6 Å². The quantitative estimate of drug-likeness (QED) is 0.719. The van der Waals surface area contributed by atoms with Crippen LogP contribution in [0.4, 0.5) is 0 Å². The van der Waals surface area contributed by atoms with Crippen LogP contribution >= 0.6 is 11.6 Å². The summed E-state index contributed by atoms with van der Waals surface area (Å²) in [6, 6.07) is 9.91. The summed E-state index contributed by atoms with van der Waals surface area (Å²) in [6.07, 6.45) is 3.87. The van der Waals surface area contributed by atoms with Crippen molar-refractivity contribution in [3.63, 3.8) is 0 Å². The molecule has 114 valence electrons. The summed E-state index contributed by atoms with van der Waals surface area (Å²) in [5.74, 6) is 1.08. The third kappa shape index (κ3) is 3.29. The smallest absolute Gasteiger partial charge is 0.122 e. The van der Waals surface area contributed by atoms with Crippen molar-refractivity contribution in [2.45, 2.75) is 26.6 Å². The molecular formula is C17H19ClN4. The fourth-order valence-electron chi connectivity index (χ4n) is 2.58. The Morgan fingerprint density at radius 2 is 2.05 bits per heavy atom. The van der Waals surface area contributed by atoms with Crippen LogP contribution in [0.15, 0.2) is 42.7 Å². The average Bonchev–Trinajstić information content (AvgIpc) is 2.94. The number of hydrogen-bond donors (Lipinski definition) is 0. The highest BCUT2D eigenvalue weighted by Crippen LogP contribution is 2.18. The summed E-state index contributed by atoms with van der Waals surface area (Å²) in [6.45, 7) is 4.66. The number of rotatable bonds is 5. The molecule has 2 heterocycles.